The molecule has 7 nitrogen and oxygen atoms in total. The Morgan fingerprint density at radius 3 is 2.28 bits per heavy atom. The first-order valence-corrected chi connectivity index (χ1v) is 5.65. The number of carboxylic acid groups (broad SMARTS) is 1. The van der Waals surface area contributed by atoms with Gasteiger partial charge in [0.25, 0.3) is 0 Å². The standard InChI is InChI=1S/C11H20N2O5/c1-6(2)9(12)10(15)13-7(11(16)17)4-5-8(14)18-3/h6-7,9H,4-5,12H2,1-3H3,(H,13,15)(H,16,17)/t7-,9?/m1/s1. The van der Waals surface area contributed by atoms with E-state index in [1.165, 1.54) is 7.11 Å². The molecule has 2 atom stereocenters. The van der Waals surface area contributed by atoms with Gasteiger partial charge in [0, 0.05) is 6.42 Å². The number of ether oxygens (including phenoxy) is 1. The second-order valence-corrected chi connectivity index (χ2v) is 4.28. The number of hydrogen-bond acceptors (Lipinski definition) is 5. The maximum atomic E-state index is 11.6. The quantitative estimate of drug-likeness (QED) is 0.530. The molecule has 0 rings (SSSR count). The predicted octanol–water partition coefficient (Wildman–Crippen LogP) is -0.508. The molecule has 0 bridgehead atoms. The zero-order valence-corrected chi connectivity index (χ0v) is 10.8. The van der Waals surface area contributed by atoms with Gasteiger partial charge in [-0.3, -0.25) is 9.59 Å². The lowest BCUT2D eigenvalue weighted by molar-refractivity contribution is -0.144. The van der Waals surface area contributed by atoms with E-state index in [-0.39, 0.29) is 18.8 Å². The van der Waals surface area contributed by atoms with Crippen LogP contribution in [-0.4, -0.2) is 42.1 Å². The highest BCUT2D eigenvalue weighted by Crippen LogP contribution is 2.03. The molecule has 1 unspecified atom stereocenters. The Morgan fingerprint density at radius 1 is 1.33 bits per heavy atom. The first kappa shape index (κ1) is 16.4. The molecule has 0 aliphatic heterocycles. The third-order valence-electron chi connectivity index (χ3n) is 2.50. The summed E-state index contributed by atoms with van der Waals surface area (Å²) in [5.74, 6) is -2.37. The molecular formula is C11H20N2O5. The number of amides is 1. The van der Waals surface area contributed by atoms with Crippen LogP contribution in [0.1, 0.15) is 26.7 Å². The molecule has 0 saturated carbocycles. The van der Waals surface area contributed by atoms with Gasteiger partial charge in [-0.05, 0) is 12.3 Å². The van der Waals surface area contributed by atoms with Crippen molar-refractivity contribution in [2.24, 2.45) is 11.7 Å². The van der Waals surface area contributed by atoms with Crippen molar-refractivity contribution in [3.8, 4) is 0 Å². The summed E-state index contributed by atoms with van der Waals surface area (Å²) in [4.78, 5) is 33.4. The molecule has 104 valence electrons. The van der Waals surface area contributed by atoms with Gasteiger partial charge >= 0.3 is 11.9 Å². The molecule has 0 aromatic carbocycles. The lowest BCUT2D eigenvalue weighted by Crippen LogP contribution is -2.50. The average Bonchev–Trinajstić information content (AvgIpc) is 2.31. The van der Waals surface area contributed by atoms with Crippen LogP contribution in [0.5, 0.6) is 0 Å². The summed E-state index contributed by atoms with van der Waals surface area (Å²) >= 11 is 0. The normalized spacial score (nSPS) is 13.8. The van der Waals surface area contributed by atoms with Crippen LogP contribution in [0.15, 0.2) is 0 Å². The van der Waals surface area contributed by atoms with E-state index in [1.54, 1.807) is 13.8 Å². The Morgan fingerprint density at radius 2 is 1.89 bits per heavy atom. The first-order chi connectivity index (χ1) is 8.29. The van der Waals surface area contributed by atoms with Gasteiger partial charge in [-0.2, -0.15) is 0 Å². The minimum absolute atomic E-state index is 0.0292. The van der Waals surface area contributed by atoms with Crippen molar-refractivity contribution < 1.29 is 24.2 Å². The minimum atomic E-state index is -1.21. The third-order valence-corrected chi connectivity index (χ3v) is 2.50. The molecule has 1 amide bonds. The average molecular weight is 260 g/mol. The number of rotatable bonds is 7. The summed E-state index contributed by atoms with van der Waals surface area (Å²) in [6, 6.07) is -1.91. The van der Waals surface area contributed by atoms with Crippen LogP contribution in [0.4, 0.5) is 0 Å². The fraction of sp³-hybridized carbons (Fsp3) is 0.727. The van der Waals surface area contributed by atoms with Crippen molar-refractivity contribution in [1.29, 1.82) is 0 Å². The van der Waals surface area contributed by atoms with Crippen molar-refractivity contribution in [1.82, 2.24) is 5.32 Å². The third kappa shape index (κ3) is 5.62. The molecule has 0 aliphatic rings. The number of carbonyl (C=O) groups is 3. The van der Waals surface area contributed by atoms with E-state index >= 15 is 0 Å². The maximum absolute atomic E-state index is 11.6. The van der Waals surface area contributed by atoms with Crippen molar-refractivity contribution in [3.05, 3.63) is 0 Å². The molecule has 0 aromatic rings. The zero-order valence-electron chi connectivity index (χ0n) is 10.8. The highest BCUT2D eigenvalue weighted by molar-refractivity contribution is 5.87. The van der Waals surface area contributed by atoms with Crippen LogP contribution < -0.4 is 11.1 Å². The van der Waals surface area contributed by atoms with Gasteiger partial charge in [-0.15, -0.1) is 0 Å². The Balaban J connectivity index is 4.41. The SMILES string of the molecule is COC(=O)CC[C@@H](NC(=O)C(N)C(C)C)C(=O)O. The van der Waals surface area contributed by atoms with Crippen LogP contribution >= 0.6 is 0 Å². The smallest absolute Gasteiger partial charge is 0.326 e. The Kier molecular flexibility index (Phi) is 6.96. The fourth-order valence-electron chi connectivity index (χ4n) is 1.19. The molecule has 0 heterocycles. The molecule has 0 radical (unpaired) electrons. The monoisotopic (exact) mass is 260 g/mol. The number of carbonyl (C=O) groups excluding carboxylic acids is 2. The van der Waals surface area contributed by atoms with Crippen LogP contribution in [0.2, 0.25) is 0 Å². The van der Waals surface area contributed by atoms with E-state index in [4.69, 9.17) is 10.8 Å². The van der Waals surface area contributed by atoms with Crippen molar-refractivity contribution in [2.45, 2.75) is 38.8 Å². The number of nitrogens with one attached hydrogen (secondary N) is 1. The molecule has 0 aromatic heterocycles. The number of carboxylic acids is 1. The Bertz CT molecular complexity index is 317. The van der Waals surface area contributed by atoms with E-state index in [1.807, 2.05) is 0 Å². The number of esters is 1. The summed E-state index contributed by atoms with van der Waals surface area (Å²) in [6.45, 7) is 3.52. The van der Waals surface area contributed by atoms with E-state index in [2.05, 4.69) is 10.1 Å². The molecule has 0 saturated heterocycles. The van der Waals surface area contributed by atoms with Gasteiger partial charge in [-0.1, -0.05) is 13.8 Å². The van der Waals surface area contributed by atoms with Gasteiger partial charge in [0.1, 0.15) is 6.04 Å². The molecular weight excluding hydrogens is 240 g/mol. The topological polar surface area (TPSA) is 119 Å². The van der Waals surface area contributed by atoms with E-state index in [0.29, 0.717) is 0 Å². The van der Waals surface area contributed by atoms with Crippen LogP contribution in [-0.2, 0) is 19.1 Å². The van der Waals surface area contributed by atoms with Crippen LogP contribution in [0.3, 0.4) is 0 Å². The Hall–Kier alpha value is -1.63. The largest absolute Gasteiger partial charge is 0.480 e. The lowest BCUT2D eigenvalue weighted by Gasteiger charge is -2.19. The van der Waals surface area contributed by atoms with Gasteiger partial charge in [0.05, 0.1) is 13.2 Å². The van der Waals surface area contributed by atoms with Gasteiger partial charge in [0.15, 0.2) is 0 Å². The zero-order chi connectivity index (χ0) is 14.3. The molecule has 0 aliphatic carbocycles. The number of aliphatic carboxylic acids is 1. The Labute approximate surface area is 106 Å². The molecule has 7 heteroatoms. The van der Waals surface area contributed by atoms with E-state index in [0.717, 1.165) is 0 Å². The summed E-state index contributed by atoms with van der Waals surface area (Å²) in [7, 11) is 1.21. The molecule has 0 fully saturated rings. The molecule has 4 N–H and O–H groups in total. The second kappa shape index (κ2) is 7.65. The number of methoxy groups -OCH3 is 1. The minimum Gasteiger partial charge on any atom is -0.480 e. The van der Waals surface area contributed by atoms with Gasteiger partial charge < -0.3 is 20.9 Å². The second-order valence-electron chi connectivity index (χ2n) is 4.28. The fourth-order valence-corrected chi connectivity index (χ4v) is 1.19. The predicted molar refractivity (Wildman–Crippen MR) is 63.6 cm³/mol. The highest BCUT2D eigenvalue weighted by Gasteiger charge is 2.25. The van der Waals surface area contributed by atoms with Crippen molar-refractivity contribution in [2.75, 3.05) is 7.11 Å². The van der Waals surface area contributed by atoms with E-state index in [9.17, 15) is 14.4 Å². The summed E-state index contributed by atoms with van der Waals surface area (Å²) in [5.41, 5.74) is 5.59. The van der Waals surface area contributed by atoms with Crippen molar-refractivity contribution >= 4 is 17.8 Å². The molecule has 18 heavy (non-hydrogen) atoms. The summed E-state index contributed by atoms with van der Waals surface area (Å²) in [5, 5.41) is 11.2. The van der Waals surface area contributed by atoms with Gasteiger partial charge in [0.2, 0.25) is 5.91 Å². The van der Waals surface area contributed by atoms with Crippen LogP contribution in [0, 0.1) is 5.92 Å². The highest BCUT2D eigenvalue weighted by atomic mass is 16.5. The van der Waals surface area contributed by atoms with E-state index < -0.39 is 29.9 Å². The number of nitrogens with two attached hydrogens (primary N) is 1. The van der Waals surface area contributed by atoms with Crippen LogP contribution in [0.25, 0.3) is 0 Å². The lowest BCUT2D eigenvalue weighted by atomic mass is 10.0. The van der Waals surface area contributed by atoms with Gasteiger partial charge in [-0.25, -0.2) is 4.79 Å². The first-order valence-electron chi connectivity index (χ1n) is 5.65. The van der Waals surface area contributed by atoms with Crippen molar-refractivity contribution in [3.63, 3.8) is 0 Å². The summed E-state index contributed by atoms with van der Waals surface area (Å²) in [6.07, 6.45) is -0.108. The molecule has 0 spiro atoms. The summed E-state index contributed by atoms with van der Waals surface area (Å²) < 4.78 is 4.40. The maximum Gasteiger partial charge on any atom is 0.326 e. The number of hydrogen-bond donors (Lipinski definition) is 3.